The van der Waals surface area contributed by atoms with Crippen molar-refractivity contribution >= 4 is 48.8 Å². The van der Waals surface area contributed by atoms with Crippen molar-refractivity contribution in [2.45, 2.75) is 10.6 Å². The third-order valence-corrected chi connectivity index (χ3v) is 6.48. The van der Waals surface area contributed by atoms with Crippen molar-refractivity contribution in [3.05, 3.63) is 53.6 Å². The number of alkyl halides is 1. The van der Waals surface area contributed by atoms with E-state index in [1.54, 1.807) is 0 Å². The average molecular weight is 433 g/mol. The van der Waals surface area contributed by atoms with Gasteiger partial charge in [0, 0.05) is 17.1 Å². The van der Waals surface area contributed by atoms with E-state index in [9.17, 15) is 21.6 Å². The van der Waals surface area contributed by atoms with Crippen LogP contribution in [0.5, 0.6) is 0 Å². The van der Waals surface area contributed by atoms with Crippen LogP contribution >= 0.6 is 11.6 Å². The molecule has 146 valence electrons. The largest absolute Gasteiger partial charge is 0.398 e. The monoisotopic (exact) mass is 432 g/mol. The highest BCUT2D eigenvalue weighted by Crippen LogP contribution is 2.22. The van der Waals surface area contributed by atoms with Crippen LogP contribution in [-0.2, 0) is 25.7 Å². The number of anilines is 2. The number of carbonyl (C=O) groups excluding carboxylic acids is 1. The lowest BCUT2D eigenvalue weighted by atomic mass is 10.1. The molecule has 0 saturated carbocycles. The van der Waals surface area contributed by atoms with E-state index < -0.39 is 30.8 Å². The molecule has 27 heavy (non-hydrogen) atoms. The summed E-state index contributed by atoms with van der Waals surface area (Å²) in [5.74, 6) is -0.779. The number of rotatable bonds is 7. The van der Waals surface area contributed by atoms with Crippen molar-refractivity contribution in [1.82, 2.24) is 0 Å². The first-order valence-corrected chi connectivity index (χ1v) is 11.3. The number of halogens is 1. The predicted molar refractivity (Wildman–Crippen MR) is 103 cm³/mol. The number of benzene rings is 2. The Hall–Kier alpha value is -2.14. The van der Waals surface area contributed by atoms with E-state index in [0.29, 0.717) is 5.56 Å². The van der Waals surface area contributed by atoms with Crippen LogP contribution in [0.3, 0.4) is 0 Å². The van der Waals surface area contributed by atoms with Gasteiger partial charge in [0.05, 0.1) is 17.2 Å². The lowest BCUT2D eigenvalue weighted by molar-refractivity contribution is 0.102. The van der Waals surface area contributed by atoms with Gasteiger partial charge in [-0.3, -0.25) is 9.35 Å². The Balaban J connectivity index is 2.12. The van der Waals surface area contributed by atoms with Gasteiger partial charge in [0.25, 0.3) is 16.0 Å². The molecule has 0 aliphatic rings. The van der Waals surface area contributed by atoms with Crippen molar-refractivity contribution < 1.29 is 26.2 Å². The summed E-state index contributed by atoms with van der Waals surface area (Å²) in [5, 5.41) is 2.53. The second-order valence-corrected chi connectivity index (χ2v) is 9.61. The molecule has 0 unspecified atom stereocenters. The van der Waals surface area contributed by atoms with Crippen molar-refractivity contribution in [2.75, 3.05) is 22.7 Å². The molecule has 0 atom stereocenters. The van der Waals surface area contributed by atoms with Crippen molar-refractivity contribution in [1.29, 1.82) is 0 Å². The summed E-state index contributed by atoms with van der Waals surface area (Å²) in [6, 6.07) is 9.55. The van der Waals surface area contributed by atoms with Crippen molar-refractivity contribution in [3.8, 4) is 0 Å². The highest BCUT2D eigenvalue weighted by atomic mass is 35.5. The van der Waals surface area contributed by atoms with Crippen LogP contribution in [-0.4, -0.2) is 38.9 Å². The lowest BCUT2D eigenvalue weighted by Gasteiger charge is -2.09. The maximum atomic E-state index is 12.3. The predicted octanol–water partition coefficient (Wildman–Crippen LogP) is 1.92. The number of amides is 1. The summed E-state index contributed by atoms with van der Waals surface area (Å²) in [5.41, 5.74) is 6.39. The van der Waals surface area contributed by atoms with E-state index in [1.807, 2.05) is 0 Å². The van der Waals surface area contributed by atoms with Crippen LogP contribution < -0.4 is 11.1 Å². The molecule has 11 heteroatoms. The van der Waals surface area contributed by atoms with Gasteiger partial charge in [0.15, 0.2) is 9.84 Å². The molecule has 2 rings (SSSR count). The molecule has 2 aromatic carbocycles. The normalized spacial score (nSPS) is 11.9. The molecule has 0 bridgehead atoms. The molecule has 2 aromatic rings. The van der Waals surface area contributed by atoms with Gasteiger partial charge < -0.3 is 11.1 Å². The van der Waals surface area contributed by atoms with E-state index in [0.717, 1.165) is 6.07 Å². The van der Waals surface area contributed by atoms with E-state index >= 15 is 0 Å². The number of carbonyl (C=O) groups is 1. The van der Waals surface area contributed by atoms with Crippen LogP contribution in [0.4, 0.5) is 11.4 Å². The summed E-state index contributed by atoms with van der Waals surface area (Å²) in [7, 11) is -7.75. The summed E-state index contributed by atoms with van der Waals surface area (Å²) >= 11 is 5.45. The van der Waals surface area contributed by atoms with Gasteiger partial charge in [-0.15, -0.1) is 11.6 Å². The number of sulfone groups is 1. The lowest BCUT2D eigenvalue weighted by Crippen LogP contribution is -2.13. The van der Waals surface area contributed by atoms with Crippen LogP contribution in [0, 0.1) is 0 Å². The fraction of sp³-hybridized carbons (Fsp3) is 0.188. The van der Waals surface area contributed by atoms with Gasteiger partial charge >= 0.3 is 0 Å². The van der Waals surface area contributed by atoms with E-state index in [1.165, 1.54) is 36.4 Å². The van der Waals surface area contributed by atoms with Crippen LogP contribution in [0.2, 0.25) is 0 Å². The second kappa shape index (κ2) is 8.26. The molecule has 0 aliphatic heterocycles. The van der Waals surface area contributed by atoms with Gasteiger partial charge in [-0.2, -0.15) is 8.42 Å². The fourth-order valence-electron chi connectivity index (χ4n) is 2.26. The zero-order chi connectivity index (χ0) is 20.2. The smallest absolute Gasteiger partial charge is 0.296 e. The van der Waals surface area contributed by atoms with Crippen LogP contribution in [0.15, 0.2) is 47.4 Å². The second-order valence-electron chi connectivity index (χ2n) is 5.66. The zero-order valence-electron chi connectivity index (χ0n) is 13.9. The first-order chi connectivity index (χ1) is 12.5. The molecule has 0 fully saturated rings. The average Bonchev–Trinajstić information content (AvgIpc) is 2.53. The molecule has 4 N–H and O–H groups in total. The Morgan fingerprint density at radius 3 is 2.22 bits per heavy atom. The van der Waals surface area contributed by atoms with Gasteiger partial charge in [-0.05, 0) is 35.9 Å². The first-order valence-electron chi connectivity index (χ1n) is 7.55. The maximum absolute atomic E-state index is 12.3. The zero-order valence-corrected chi connectivity index (χ0v) is 16.3. The Labute approximate surface area is 162 Å². The van der Waals surface area contributed by atoms with E-state index in [4.69, 9.17) is 21.9 Å². The summed E-state index contributed by atoms with van der Waals surface area (Å²) in [6.07, 6.45) is 0. The van der Waals surface area contributed by atoms with E-state index in [2.05, 4.69) is 5.32 Å². The summed E-state index contributed by atoms with van der Waals surface area (Å²) < 4.78 is 54.8. The molecule has 8 nitrogen and oxygen atoms in total. The number of hydrogen-bond acceptors (Lipinski definition) is 6. The van der Waals surface area contributed by atoms with Gasteiger partial charge in [-0.25, -0.2) is 8.42 Å². The minimum atomic E-state index is -4.45. The third kappa shape index (κ3) is 5.93. The molecule has 0 heterocycles. The van der Waals surface area contributed by atoms with Gasteiger partial charge in [0.2, 0.25) is 0 Å². The Bertz CT molecular complexity index is 1050. The molecular weight excluding hydrogens is 416 g/mol. The third-order valence-electron chi connectivity index (χ3n) is 3.54. The molecule has 0 aliphatic carbocycles. The van der Waals surface area contributed by atoms with Crippen LogP contribution in [0.1, 0.15) is 15.9 Å². The van der Waals surface area contributed by atoms with Crippen molar-refractivity contribution in [2.24, 2.45) is 0 Å². The summed E-state index contributed by atoms with van der Waals surface area (Å²) in [6.45, 7) is 0. The quantitative estimate of drug-likeness (QED) is 0.344. The minimum absolute atomic E-state index is 0.0162. The number of nitrogens with two attached hydrogens (primary N) is 1. The van der Waals surface area contributed by atoms with Crippen molar-refractivity contribution in [3.63, 3.8) is 0 Å². The summed E-state index contributed by atoms with van der Waals surface area (Å²) in [4.78, 5) is 11.8. The Kier molecular flexibility index (Phi) is 6.47. The van der Waals surface area contributed by atoms with Gasteiger partial charge in [-0.1, -0.05) is 12.1 Å². The topological polar surface area (TPSA) is 144 Å². The maximum Gasteiger partial charge on any atom is 0.296 e. The first kappa shape index (κ1) is 21.2. The highest BCUT2D eigenvalue weighted by molar-refractivity contribution is 7.90. The standard InChI is InChI=1S/C16H17ClN2O6S2/c17-7-8-26(21,22)10-11-1-3-12(4-2-11)16(20)19-13-5-6-15(14(18)9-13)27(23,24)25/h1-6,9H,7-8,10,18H2,(H,19,20)(H,23,24,25). The molecule has 1 amide bonds. The van der Waals surface area contributed by atoms with Gasteiger partial charge in [0.1, 0.15) is 4.90 Å². The molecule has 0 saturated heterocycles. The molecule has 0 aromatic heterocycles. The fourth-order valence-corrected chi connectivity index (χ4v) is 4.64. The Morgan fingerprint density at radius 1 is 1.07 bits per heavy atom. The highest BCUT2D eigenvalue weighted by Gasteiger charge is 2.15. The number of nitrogens with one attached hydrogen (secondary N) is 1. The molecular formula is C16H17ClN2O6S2. The number of nitrogen functional groups attached to an aromatic ring is 1. The van der Waals surface area contributed by atoms with Crippen LogP contribution in [0.25, 0.3) is 0 Å². The minimum Gasteiger partial charge on any atom is -0.398 e. The van der Waals surface area contributed by atoms with E-state index in [-0.39, 0.29) is 34.3 Å². The number of hydrogen-bond donors (Lipinski definition) is 3. The molecule has 0 spiro atoms. The molecule has 0 radical (unpaired) electrons. The Morgan fingerprint density at radius 2 is 1.70 bits per heavy atom. The SMILES string of the molecule is Nc1cc(NC(=O)c2ccc(CS(=O)(=O)CCCl)cc2)ccc1S(=O)(=O)O.